The van der Waals surface area contributed by atoms with Crippen molar-refractivity contribution in [3.8, 4) is 0 Å². The number of rotatable bonds is 8. The van der Waals surface area contributed by atoms with Crippen LogP contribution in [0.4, 0.5) is 5.69 Å². The molecule has 10 heteroatoms. The fourth-order valence-electron chi connectivity index (χ4n) is 3.15. The van der Waals surface area contributed by atoms with E-state index in [-0.39, 0.29) is 27.9 Å². The molecule has 3 N–H and O–H groups in total. The van der Waals surface area contributed by atoms with Gasteiger partial charge in [0, 0.05) is 23.8 Å². The Labute approximate surface area is 194 Å². The quantitative estimate of drug-likeness (QED) is 0.505. The van der Waals surface area contributed by atoms with Crippen LogP contribution in [-0.2, 0) is 26.6 Å². The van der Waals surface area contributed by atoms with Crippen LogP contribution in [0.5, 0.6) is 0 Å². The number of hydrogen-bond acceptors (Lipinski definition) is 5. The van der Waals surface area contributed by atoms with Crippen LogP contribution in [0.15, 0.2) is 88.7 Å². The molecule has 0 aliphatic rings. The summed E-state index contributed by atoms with van der Waals surface area (Å²) in [7, 11) is -7.61. The molecule has 0 saturated carbocycles. The molecular weight excluding hydrogens is 462 g/mol. The van der Waals surface area contributed by atoms with Crippen LogP contribution in [0, 0.1) is 0 Å². The molecule has 0 fully saturated rings. The van der Waals surface area contributed by atoms with Crippen LogP contribution in [0.3, 0.4) is 0 Å². The van der Waals surface area contributed by atoms with Crippen LogP contribution < -0.4 is 10.5 Å². The fourth-order valence-corrected chi connectivity index (χ4v) is 5.29. The van der Waals surface area contributed by atoms with Gasteiger partial charge in [-0.1, -0.05) is 30.3 Å². The lowest BCUT2D eigenvalue weighted by atomic mass is 10.2. The minimum atomic E-state index is -3.83. The first-order valence-corrected chi connectivity index (χ1v) is 13.1. The van der Waals surface area contributed by atoms with E-state index < -0.39 is 26.0 Å². The average Bonchev–Trinajstić information content (AvgIpc) is 2.77. The van der Waals surface area contributed by atoms with Gasteiger partial charge in [0.1, 0.15) is 0 Å². The maximum absolute atomic E-state index is 13.2. The lowest BCUT2D eigenvalue weighted by molar-refractivity contribution is 0.102. The molecule has 1 amide bonds. The molecule has 0 atom stereocenters. The first-order valence-electron chi connectivity index (χ1n) is 10.1. The molecule has 3 rings (SSSR count). The third-order valence-electron chi connectivity index (χ3n) is 4.92. The van der Waals surface area contributed by atoms with E-state index in [1.807, 2.05) is 44.2 Å². The number of sulfonamides is 2. The Hall–Kier alpha value is -3.05. The summed E-state index contributed by atoms with van der Waals surface area (Å²) in [6, 6.07) is 20.1. The second kappa shape index (κ2) is 9.84. The number of carbonyl (C=O) groups excluding carboxylic acids is 1. The van der Waals surface area contributed by atoms with Gasteiger partial charge in [0.05, 0.1) is 9.79 Å². The van der Waals surface area contributed by atoms with Gasteiger partial charge in [-0.2, -0.15) is 4.31 Å². The molecule has 3 aromatic rings. The smallest absolute Gasteiger partial charge is 0.255 e. The van der Waals surface area contributed by atoms with Gasteiger partial charge >= 0.3 is 0 Å². The predicted molar refractivity (Wildman–Crippen MR) is 127 cm³/mol. The Balaban J connectivity index is 1.77. The van der Waals surface area contributed by atoms with Crippen molar-refractivity contribution in [2.45, 2.75) is 36.2 Å². The van der Waals surface area contributed by atoms with E-state index in [2.05, 4.69) is 5.32 Å². The summed E-state index contributed by atoms with van der Waals surface area (Å²) in [5.41, 5.74) is 1.50. The number of benzene rings is 3. The second-order valence-corrected chi connectivity index (χ2v) is 11.1. The Morgan fingerprint density at radius 2 is 1.39 bits per heavy atom. The van der Waals surface area contributed by atoms with Crippen molar-refractivity contribution in [2.75, 3.05) is 5.32 Å². The summed E-state index contributed by atoms with van der Waals surface area (Å²) in [6.45, 7) is 3.85. The van der Waals surface area contributed by atoms with Gasteiger partial charge in [0.2, 0.25) is 20.0 Å². The monoisotopic (exact) mass is 487 g/mol. The third kappa shape index (κ3) is 6.05. The van der Waals surface area contributed by atoms with Gasteiger partial charge in [-0.15, -0.1) is 0 Å². The van der Waals surface area contributed by atoms with Crippen LogP contribution >= 0.6 is 0 Å². The van der Waals surface area contributed by atoms with Crippen LogP contribution in [0.1, 0.15) is 29.8 Å². The van der Waals surface area contributed by atoms with Crippen molar-refractivity contribution in [2.24, 2.45) is 5.14 Å². The molecule has 0 heterocycles. The number of carbonyl (C=O) groups is 1. The van der Waals surface area contributed by atoms with Crippen molar-refractivity contribution in [3.05, 3.63) is 90.0 Å². The number of primary sulfonamides is 1. The molecule has 33 heavy (non-hydrogen) atoms. The molecule has 0 radical (unpaired) electrons. The van der Waals surface area contributed by atoms with E-state index in [0.717, 1.165) is 5.56 Å². The number of amides is 1. The number of nitrogens with one attached hydrogen (secondary N) is 1. The molecule has 8 nitrogen and oxygen atoms in total. The Morgan fingerprint density at radius 1 is 0.848 bits per heavy atom. The second-order valence-electron chi connectivity index (χ2n) is 7.68. The first kappa shape index (κ1) is 24.6. The Morgan fingerprint density at radius 3 is 1.91 bits per heavy atom. The molecule has 174 valence electrons. The number of hydrogen-bond donors (Lipinski definition) is 2. The lowest BCUT2D eigenvalue weighted by Crippen LogP contribution is -2.36. The molecule has 0 bridgehead atoms. The summed E-state index contributed by atoms with van der Waals surface area (Å²) >= 11 is 0. The highest BCUT2D eigenvalue weighted by atomic mass is 32.2. The van der Waals surface area contributed by atoms with Crippen LogP contribution in [-0.4, -0.2) is 33.1 Å². The Kier molecular flexibility index (Phi) is 7.33. The molecular formula is C23H25N3O5S2. The van der Waals surface area contributed by atoms with Crippen molar-refractivity contribution in [3.63, 3.8) is 0 Å². The van der Waals surface area contributed by atoms with Crippen molar-refractivity contribution < 1.29 is 21.6 Å². The first-order chi connectivity index (χ1) is 15.5. The minimum Gasteiger partial charge on any atom is -0.322 e. The Bertz CT molecular complexity index is 1320. The van der Waals surface area contributed by atoms with Gasteiger partial charge in [0.25, 0.3) is 5.91 Å². The van der Waals surface area contributed by atoms with Gasteiger partial charge in [-0.3, -0.25) is 4.79 Å². The largest absolute Gasteiger partial charge is 0.322 e. The molecule has 3 aromatic carbocycles. The normalized spacial score (nSPS) is 12.2. The van der Waals surface area contributed by atoms with Crippen LogP contribution in [0.25, 0.3) is 0 Å². The van der Waals surface area contributed by atoms with Gasteiger partial charge < -0.3 is 5.32 Å². The summed E-state index contributed by atoms with van der Waals surface area (Å²) in [5.74, 6) is -0.465. The molecule has 0 saturated heterocycles. The summed E-state index contributed by atoms with van der Waals surface area (Å²) in [4.78, 5) is 12.5. The summed E-state index contributed by atoms with van der Waals surface area (Å²) in [5, 5.41) is 7.70. The van der Waals surface area contributed by atoms with Crippen LogP contribution in [0.2, 0.25) is 0 Å². The van der Waals surface area contributed by atoms with Crippen molar-refractivity contribution in [1.29, 1.82) is 0 Å². The summed E-state index contributed by atoms with van der Waals surface area (Å²) < 4.78 is 50.5. The zero-order valence-electron chi connectivity index (χ0n) is 18.2. The highest BCUT2D eigenvalue weighted by Crippen LogP contribution is 2.22. The van der Waals surface area contributed by atoms with Gasteiger partial charge in [-0.25, -0.2) is 22.0 Å². The fraction of sp³-hybridized carbons (Fsp3) is 0.174. The highest BCUT2D eigenvalue weighted by molar-refractivity contribution is 7.89. The molecule has 0 aliphatic heterocycles. The maximum atomic E-state index is 13.2. The van der Waals surface area contributed by atoms with E-state index in [9.17, 15) is 21.6 Å². The zero-order valence-corrected chi connectivity index (χ0v) is 19.8. The van der Waals surface area contributed by atoms with Crippen molar-refractivity contribution >= 4 is 31.6 Å². The summed E-state index contributed by atoms with van der Waals surface area (Å²) in [6.07, 6.45) is 0. The zero-order chi connectivity index (χ0) is 24.2. The lowest BCUT2D eigenvalue weighted by Gasteiger charge is -2.26. The van der Waals surface area contributed by atoms with Gasteiger partial charge in [0.15, 0.2) is 0 Å². The third-order valence-corrected chi connectivity index (χ3v) is 7.89. The predicted octanol–water partition coefficient (Wildman–Crippen LogP) is 3.19. The molecule has 0 aliphatic carbocycles. The van der Waals surface area contributed by atoms with Gasteiger partial charge in [-0.05, 0) is 67.9 Å². The van der Waals surface area contributed by atoms with E-state index >= 15 is 0 Å². The van der Waals surface area contributed by atoms with E-state index in [1.165, 1.54) is 52.8 Å². The highest BCUT2D eigenvalue weighted by Gasteiger charge is 2.27. The number of nitrogens with zero attached hydrogens (tertiary/aromatic N) is 1. The average molecular weight is 488 g/mol. The van der Waals surface area contributed by atoms with E-state index in [0.29, 0.717) is 5.69 Å². The number of anilines is 1. The standard InChI is InChI=1S/C23H25N3O5S2/c1-17(2)26(16-18-6-4-3-5-7-18)33(30,31)22-12-8-19(9-13-22)23(27)25-20-10-14-21(15-11-20)32(24,28)29/h3-15,17H,16H2,1-2H3,(H,25,27)(H2,24,28,29). The van der Waals surface area contributed by atoms with Crippen molar-refractivity contribution in [1.82, 2.24) is 4.31 Å². The number of nitrogens with two attached hydrogens (primary N) is 1. The SMILES string of the molecule is CC(C)N(Cc1ccccc1)S(=O)(=O)c1ccc(C(=O)Nc2ccc(S(N)(=O)=O)cc2)cc1. The molecule has 0 aromatic heterocycles. The molecule has 0 spiro atoms. The topological polar surface area (TPSA) is 127 Å². The van der Waals surface area contributed by atoms with E-state index in [1.54, 1.807) is 0 Å². The van der Waals surface area contributed by atoms with E-state index in [4.69, 9.17) is 5.14 Å². The maximum Gasteiger partial charge on any atom is 0.255 e. The minimum absolute atomic E-state index is 0.0692. The molecule has 0 unspecified atom stereocenters.